The fourth-order valence-electron chi connectivity index (χ4n) is 5.77. The van der Waals surface area contributed by atoms with E-state index in [1.807, 2.05) is 20.8 Å². The Balaban J connectivity index is 1.81. The van der Waals surface area contributed by atoms with E-state index in [9.17, 15) is 14.7 Å². The Kier molecular flexibility index (Phi) is 2.86. The summed E-state index contributed by atoms with van der Waals surface area (Å²) in [5.41, 5.74) is 2.03. The van der Waals surface area contributed by atoms with Gasteiger partial charge in [0.1, 0.15) is 12.2 Å². The molecule has 0 unspecified atom stereocenters. The molecule has 0 radical (unpaired) electrons. The van der Waals surface area contributed by atoms with Gasteiger partial charge in [-0.25, -0.2) is 4.79 Å². The molecular weight excluding hydrogens is 292 g/mol. The van der Waals surface area contributed by atoms with Gasteiger partial charge in [0.25, 0.3) is 0 Å². The normalized spacial score (nSPS) is 44.5. The van der Waals surface area contributed by atoms with Gasteiger partial charge < -0.3 is 9.84 Å². The van der Waals surface area contributed by atoms with Crippen molar-refractivity contribution in [3.8, 4) is 0 Å². The summed E-state index contributed by atoms with van der Waals surface area (Å²) in [6, 6.07) is 0. The molecule has 4 heteroatoms. The van der Waals surface area contributed by atoms with Gasteiger partial charge >= 0.3 is 5.97 Å². The quantitative estimate of drug-likeness (QED) is 0.698. The number of allylic oxidation sites excluding steroid dienone is 1. The molecule has 3 aliphatic carbocycles. The fourth-order valence-corrected chi connectivity index (χ4v) is 5.77. The molecule has 0 aromatic carbocycles. The molecule has 0 saturated heterocycles. The first-order valence-electron chi connectivity index (χ1n) is 8.53. The van der Waals surface area contributed by atoms with Crippen molar-refractivity contribution in [1.29, 1.82) is 0 Å². The first-order chi connectivity index (χ1) is 10.7. The number of rotatable bonds is 0. The van der Waals surface area contributed by atoms with Gasteiger partial charge in [0.15, 0.2) is 5.78 Å². The number of aliphatic hydroxyl groups excluding tert-OH is 1. The highest BCUT2D eigenvalue weighted by molar-refractivity contribution is 5.93. The number of Topliss-reactive ketones (excluding diaryl/α,β-unsaturated/α-hetero) is 1. The zero-order valence-corrected chi connectivity index (χ0v) is 14.2. The van der Waals surface area contributed by atoms with Crippen LogP contribution < -0.4 is 0 Å². The highest BCUT2D eigenvalue weighted by atomic mass is 16.5. The maximum Gasteiger partial charge on any atom is 0.334 e. The topological polar surface area (TPSA) is 63.6 Å². The summed E-state index contributed by atoms with van der Waals surface area (Å²) in [5.74, 6) is 0.00979. The van der Waals surface area contributed by atoms with Crippen LogP contribution in [0, 0.1) is 22.7 Å². The lowest BCUT2D eigenvalue weighted by atomic mass is 9.54. The predicted molar refractivity (Wildman–Crippen MR) is 84.4 cm³/mol. The van der Waals surface area contributed by atoms with Crippen LogP contribution in [0.25, 0.3) is 0 Å². The van der Waals surface area contributed by atoms with Crippen LogP contribution in [-0.2, 0) is 14.3 Å². The third-order valence-corrected chi connectivity index (χ3v) is 7.14. The second-order valence-electron chi connectivity index (χ2n) is 8.43. The number of aliphatic hydroxyl groups is 1. The first kappa shape index (κ1) is 15.1. The van der Waals surface area contributed by atoms with Crippen LogP contribution in [0.2, 0.25) is 0 Å². The second kappa shape index (κ2) is 4.35. The molecule has 1 N–H and O–H groups in total. The average molecular weight is 316 g/mol. The predicted octanol–water partition coefficient (Wildman–Crippen LogP) is 2.56. The summed E-state index contributed by atoms with van der Waals surface area (Å²) < 4.78 is 5.51. The maximum atomic E-state index is 12.6. The van der Waals surface area contributed by atoms with Crippen LogP contribution in [0.4, 0.5) is 0 Å². The monoisotopic (exact) mass is 316 g/mol. The van der Waals surface area contributed by atoms with Gasteiger partial charge in [-0.3, -0.25) is 4.79 Å². The van der Waals surface area contributed by atoms with Crippen LogP contribution >= 0.6 is 0 Å². The summed E-state index contributed by atoms with van der Waals surface area (Å²) in [4.78, 5) is 24.5. The highest BCUT2D eigenvalue weighted by Gasteiger charge is 2.66. The van der Waals surface area contributed by atoms with E-state index in [0.29, 0.717) is 12.0 Å². The molecule has 4 aliphatic rings. The molecule has 124 valence electrons. The molecule has 0 aromatic rings. The summed E-state index contributed by atoms with van der Waals surface area (Å²) in [5, 5.41) is 10.8. The zero-order chi connectivity index (χ0) is 16.7. The first-order valence-corrected chi connectivity index (χ1v) is 8.53. The fraction of sp³-hybridized carbons (Fsp3) is 0.684. The number of carbonyl (C=O) groups is 2. The number of fused-ring (bicyclic) bond motifs is 4. The van der Waals surface area contributed by atoms with Gasteiger partial charge in [-0.15, -0.1) is 0 Å². The Morgan fingerprint density at radius 3 is 2.65 bits per heavy atom. The van der Waals surface area contributed by atoms with E-state index >= 15 is 0 Å². The maximum absolute atomic E-state index is 12.6. The Labute approximate surface area is 136 Å². The second-order valence-corrected chi connectivity index (χ2v) is 8.43. The Hall–Kier alpha value is -1.42. The molecule has 2 fully saturated rings. The van der Waals surface area contributed by atoms with Crippen LogP contribution in [0.3, 0.4) is 0 Å². The molecule has 0 amide bonds. The Bertz CT molecular complexity index is 683. The summed E-state index contributed by atoms with van der Waals surface area (Å²) in [6.45, 7) is 7.82. The molecule has 4 nitrogen and oxygen atoms in total. The standard InChI is InChI=1S/C19H24O4/c1-9-11-7-10-5-6-14-18(2,3)15(20)16(21)19(14,4)12(10)8-13(11)23-17(9)22/h7,12-14,16,21H,5-6,8H2,1-4H3/t12-,13-,14-,16+,19+/m1/s1. The van der Waals surface area contributed by atoms with Crippen molar-refractivity contribution in [2.45, 2.75) is 59.2 Å². The van der Waals surface area contributed by atoms with Gasteiger partial charge in [-0.1, -0.05) is 32.4 Å². The Morgan fingerprint density at radius 2 is 1.96 bits per heavy atom. The summed E-state index contributed by atoms with van der Waals surface area (Å²) >= 11 is 0. The van der Waals surface area contributed by atoms with Crippen molar-refractivity contribution in [1.82, 2.24) is 0 Å². The lowest BCUT2D eigenvalue weighted by Gasteiger charge is -2.50. The average Bonchev–Trinajstić information content (AvgIpc) is 2.85. The van der Waals surface area contributed by atoms with Crippen molar-refractivity contribution in [3.63, 3.8) is 0 Å². The van der Waals surface area contributed by atoms with Gasteiger partial charge in [-0.2, -0.15) is 0 Å². The van der Waals surface area contributed by atoms with E-state index in [2.05, 4.69) is 13.0 Å². The number of ketones is 1. The van der Waals surface area contributed by atoms with Crippen LogP contribution in [0.15, 0.2) is 22.8 Å². The summed E-state index contributed by atoms with van der Waals surface area (Å²) in [6.07, 6.45) is 3.52. The number of hydrogen-bond donors (Lipinski definition) is 1. The van der Waals surface area contributed by atoms with Crippen LogP contribution in [0.1, 0.15) is 47.0 Å². The van der Waals surface area contributed by atoms with Gasteiger partial charge in [-0.05, 0) is 38.0 Å². The Morgan fingerprint density at radius 1 is 1.26 bits per heavy atom. The van der Waals surface area contributed by atoms with Crippen LogP contribution in [-0.4, -0.2) is 29.1 Å². The zero-order valence-electron chi connectivity index (χ0n) is 14.2. The molecule has 23 heavy (non-hydrogen) atoms. The van der Waals surface area contributed by atoms with Crippen molar-refractivity contribution < 1.29 is 19.4 Å². The van der Waals surface area contributed by atoms with Crippen molar-refractivity contribution in [2.75, 3.05) is 0 Å². The van der Waals surface area contributed by atoms with E-state index in [4.69, 9.17) is 4.74 Å². The summed E-state index contributed by atoms with van der Waals surface area (Å²) in [7, 11) is 0. The molecular formula is C19H24O4. The minimum absolute atomic E-state index is 0.0350. The van der Waals surface area contributed by atoms with E-state index in [-0.39, 0.29) is 29.7 Å². The molecule has 1 heterocycles. The van der Waals surface area contributed by atoms with Crippen molar-refractivity contribution >= 4 is 11.8 Å². The smallest absolute Gasteiger partial charge is 0.334 e. The van der Waals surface area contributed by atoms with Crippen LogP contribution in [0.5, 0.6) is 0 Å². The third kappa shape index (κ3) is 1.65. The molecule has 0 aromatic heterocycles. The SMILES string of the molecule is CC1=C2C=C3CC[C@@H]4C(C)(C)C(=O)[C@H](O)[C@@]4(C)[C@@H]3C[C@H]2OC1=O. The van der Waals surface area contributed by atoms with Crippen molar-refractivity contribution in [2.24, 2.45) is 22.7 Å². The molecule has 4 rings (SSSR count). The molecule has 1 aliphatic heterocycles. The number of carbonyl (C=O) groups excluding carboxylic acids is 2. The number of esters is 1. The third-order valence-electron chi connectivity index (χ3n) is 7.14. The van der Waals surface area contributed by atoms with E-state index in [0.717, 1.165) is 18.4 Å². The van der Waals surface area contributed by atoms with Gasteiger partial charge in [0, 0.05) is 22.0 Å². The van der Waals surface area contributed by atoms with E-state index < -0.39 is 16.9 Å². The highest BCUT2D eigenvalue weighted by Crippen LogP contribution is 2.64. The largest absolute Gasteiger partial charge is 0.454 e. The number of ether oxygens (including phenoxy) is 1. The number of hydrogen-bond acceptors (Lipinski definition) is 4. The van der Waals surface area contributed by atoms with E-state index in [1.165, 1.54) is 5.57 Å². The van der Waals surface area contributed by atoms with E-state index in [1.54, 1.807) is 0 Å². The minimum atomic E-state index is -0.931. The van der Waals surface area contributed by atoms with Crippen molar-refractivity contribution in [3.05, 3.63) is 22.8 Å². The lowest BCUT2D eigenvalue weighted by Crippen LogP contribution is -2.48. The van der Waals surface area contributed by atoms with Gasteiger partial charge in [0.2, 0.25) is 0 Å². The minimum Gasteiger partial charge on any atom is -0.454 e. The molecule has 5 atom stereocenters. The molecule has 2 saturated carbocycles. The molecule has 0 spiro atoms. The molecule has 0 bridgehead atoms. The van der Waals surface area contributed by atoms with Gasteiger partial charge in [0.05, 0.1) is 0 Å². The lowest BCUT2D eigenvalue weighted by molar-refractivity contribution is -0.142.